The Hall–Kier alpha value is -0.220. The number of amides is 1. The van der Waals surface area contributed by atoms with Gasteiger partial charge in [0.15, 0.2) is 0 Å². The molecule has 18 heavy (non-hydrogen) atoms. The predicted molar refractivity (Wildman–Crippen MR) is 77.7 cm³/mol. The predicted octanol–water partition coefficient (Wildman–Crippen LogP) is 2.46. The summed E-state index contributed by atoms with van der Waals surface area (Å²) in [4.78, 5) is 14.8. The summed E-state index contributed by atoms with van der Waals surface area (Å²) in [7, 11) is 0. The van der Waals surface area contributed by atoms with Gasteiger partial charge in [-0.3, -0.25) is 10.1 Å². The molecule has 0 spiro atoms. The lowest BCUT2D eigenvalue weighted by atomic mass is 9.99. The van der Waals surface area contributed by atoms with E-state index in [4.69, 9.17) is 0 Å². The van der Waals surface area contributed by atoms with Crippen LogP contribution in [0.5, 0.6) is 0 Å². The van der Waals surface area contributed by atoms with Crippen LogP contribution in [-0.4, -0.2) is 40.6 Å². The summed E-state index contributed by atoms with van der Waals surface area (Å²) in [6, 6.07) is 0.528. The molecule has 4 heteroatoms. The molecule has 0 saturated carbocycles. The van der Waals surface area contributed by atoms with Gasteiger partial charge in [-0.05, 0) is 36.7 Å². The summed E-state index contributed by atoms with van der Waals surface area (Å²) in [5.74, 6) is 3.21. The first-order chi connectivity index (χ1) is 8.69. The third-order valence-electron chi connectivity index (χ3n) is 4.41. The first kappa shape index (κ1) is 14.2. The van der Waals surface area contributed by atoms with Gasteiger partial charge in [0, 0.05) is 6.04 Å². The zero-order chi connectivity index (χ0) is 13.1. The van der Waals surface area contributed by atoms with Crippen molar-refractivity contribution in [2.75, 3.05) is 11.5 Å². The molecule has 0 aliphatic carbocycles. The van der Waals surface area contributed by atoms with E-state index < -0.39 is 0 Å². The fourth-order valence-electron chi connectivity index (χ4n) is 3.03. The van der Waals surface area contributed by atoms with Gasteiger partial charge in [0.05, 0.1) is 12.2 Å². The van der Waals surface area contributed by atoms with Gasteiger partial charge < -0.3 is 4.90 Å². The van der Waals surface area contributed by atoms with E-state index >= 15 is 0 Å². The van der Waals surface area contributed by atoms with Crippen LogP contribution in [0, 0.1) is 5.92 Å². The highest BCUT2D eigenvalue weighted by atomic mass is 32.2. The number of nitrogens with one attached hydrogen (secondary N) is 1. The fraction of sp³-hybridized carbons (Fsp3) is 0.929. The lowest BCUT2D eigenvalue weighted by molar-refractivity contribution is -0.133. The topological polar surface area (TPSA) is 32.3 Å². The Morgan fingerprint density at radius 2 is 2.06 bits per heavy atom. The van der Waals surface area contributed by atoms with Gasteiger partial charge in [0.25, 0.3) is 0 Å². The normalized spacial score (nSPS) is 31.9. The Balaban J connectivity index is 2.09. The highest BCUT2D eigenvalue weighted by Crippen LogP contribution is 2.29. The molecular weight excluding hydrogens is 244 g/mol. The van der Waals surface area contributed by atoms with Gasteiger partial charge in [-0.2, -0.15) is 11.8 Å². The van der Waals surface area contributed by atoms with Crippen LogP contribution in [0.15, 0.2) is 0 Å². The summed E-state index contributed by atoms with van der Waals surface area (Å²) in [6.07, 6.45) is 4.68. The number of carbonyl (C=O) groups excluding carboxylic acids is 1. The van der Waals surface area contributed by atoms with Crippen LogP contribution >= 0.6 is 11.8 Å². The van der Waals surface area contributed by atoms with Gasteiger partial charge >= 0.3 is 0 Å². The maximum Gasteiger partial charge on any atom is 0.241 e. The Kier molecular flexibility index (Phi) is 4.96. The van der Waals surface area contributed by atoms with Crippen LogP contribution in [0.1, 0.15) is 46.5 Å². The molecule has 104 valence electrons. The summed E-state index contributed by atoms with van der Waals surface area (Å²) >= 11 is 2.02. The van der Waals surface area contributed by atoms with Gasteiger partial charge in [-0.25, -0.2) is 0 Å². The van der Waals surface area contributed by atoms with Crippen molar-refractivity contribution in [3.63, 3.8) is 0 Å². The highest BCUT2D eigenvalue weighted by molar-refractivity contribution is 7.99. The maximum absolute atomic E-state index is 12.6. The third kappa shape index (κ3) is 2.69. The van der Waals surface area contributed by atoms with Crippen molar-refractivity contribution in [2.45, 2.75) is 64.7 Å². The van der Waals surface area contributed by atoms with Crippen molar-refractivity contribution >= 4 is 17.7 Å². The van der Waals surface area contributed by atoms with Crippen molar-refractivity contribution < 1.29 is 4.79 Å². The molecule has 2 fully saturated rings. The Morgan fingerprint density at radius 1 is 1.39 bits per heavy atom. The SMILES string of the molecule is CCC(C)C1NC(CC)N(C2CCSCC2)C1=O. The van der Waals surface area contributed by atoms with Gasteiger partial charge in [0.2, 0.25) is 5.91 Å². The Bertz CT molecular complexity index is 292. The summed E-state index contributed by atoms with van der Waals surface area (Å²) < 4.78 is 0. The number of nitrogens with zero attached hydrogens (tertiary/aromatic N) is 1. The number of carbonyl (C=O) groups is 1. The second kappa shape index (κ2) is 6.29. The molecule has 2 rings (SSSR count). The van der Waals surface area contributed by atoms with E-state index in [1.54, 1.807) is 0 Å². The molecular formula is C14H26N2OS. The maximum atomic E-state index is 12.6. The monoisotopic (exact) mass is 270 g/mol. The van der Waals surface area contributed by atoms with Crippen LogP contribution in [0.3, 0.4) is 0 Å². The third-order valence-corrected chi connectivity index (χ3v) is 5.46. The van der Waals surface area contributed by atoms with E-state index in [-0.39, 0.29) is 12.2 Å². The average molecular weight is 270 g/mol. The molecule has 2 aliphatic heterocycles. The van der Waals surface area contributed by atoms with Crippen molar-refractivity contribution in [2.24, 2.45) is 5.92 Å². The molecule has 1 amide bonds. The minimum Gasteiger partial charge on any atom is -0.323 e. The van der Waals surface area contributed by atoms with E-state index in [2.05, 4.69) is 31.0 Å². The van der Waals surface area contributed by atoms with Crippen molar-refractivity contribution in [3.05, 3.63) is 0 Å². The second-order valence-corrected chi connectivity index (χ2v) is 6.77. The van der Waals surface area contributed by atoms with Crippen molar-refractivity contribution in [3.8, 4) is 0 Å². The smallest absolute Gasteiger partial charge is 0.241 e. The summed E-state index contributed by atoms with van der Waals surface area (Å²) in [6.45, 7) is 6.53. The Morgan fingerprint density at radius 3 is 2.61 bits per heavy atom. The van der Waals surface area contributed by atoms with E-state index in [1.165, 1.54) is 24.3 Å². The molecule has 0 bridgehead atoms. The van der Waals surface area contributed by atoms with Crippen LogP contribution in [-0.2, 0) is 4.79 Å². The molecule has 2 aliphatic rings. The van der Waals surface area contributed by atoms with Crippen LogP contribution < -0.4 is 5.32 Å². The van der Waals surface area contributed by atoms with E-state index in [0.29, 0.717) is 17.9 Å². The molecule has 0 aromatic rings. The minimum atomic E-state index is 0.0505. The van der Waals surface area contributed by atoms with E-state index in [0.717, 1.165) is 12.8 Å². The second-order valence-electron chi connectivity index (χ2n) is 5.54. The van der Waals surface area contributed by atoms with Gasteiger partial charge in [-0.1, -0.05) is 27.2 Å². The number of thioether (sulfide) groups is 1. The molecule has 2 heterocycles. The molecule has 0 aromatic carbocycles. The van der Waals surface area contributed by atoms with Crippen LogP contribution in [0.2, 0.25) is 0 Å². The first-order valence-electron chi connectivity index (χ1n) is 7.35. The largest absolute Gasteiger partial charge is 0.323 e. The first-order valence-corrected chi connectivity index (χ1v) is 8.50. The number of hydrogen-bond donors (Lipinski definition) is 1. The molecule has 3 atom stereocenters. The average Bonchev–Trinajstić information content (AvgIpc) is 2.75. The zero-order valence-corrected chi connectivity index (χ0v) is 12.6. The van der Waals surface area contributed by atoms with E-state index in [1.807, 2.05) is 11.8 Å². The number of hydrogen-bond acceptors (Lipinski definition) is 3. The van der Waals surface area contributed by atoms with Crippen LogP contribution in [0.4, 0.5) is 0 Å². The molecule has 0 radical (unpaired) electrons. The highest BCUT2D eigenvalue weighted by Gasteiger charge is 2.43. The van der Waals surface area contributed by atoms with Gasteiger partial charge in [-0.15, -0.1) is 0 Å². The lowest BCUT2D eigenvalue weighted by Gasteiger charge is -2.34. The standard InChI is InChI=1S/C14H26N2OS/c1-4-10(3)13-14(17)16(12(5-2)15-13)11-6-8-18-9-7-11/h10-13,15H,4-9H2,1-3H3. The molecule has 0 aromatic heterocycles. The van der Waals surface area contributed by atoms with Crippen molar-refractivity contribution in [1.29, 1.82) is 0 Å². The van der Waals surface area contributed by atoms with Crippen molar-refractivity contribution in [1.82, 2.24) is 10.2 Å². The quantitative estimate of drug-likeness (QED) is 0.852. The zero-order valence-electron chi connectivity index (χ0n) is 11.8. The molecule has 3 unspecified atom stereocenters. The van der Waals surface area contributed by atoms with Crippen LogP contribution in [0.25, 0.3) is 0 Å². The minimum absolute atomic E-state index is 0.0505. The fourth-order valence-corrected chi connectivity index (χ4v) is 4.11. The number of rotatable bonds is 4. The van der Waals surface area contributed by atoms with E-state index in [9.17, 15) is 4.79 Å². The molecule has 3 nitrogen and oxygen atoms in total. The summed E-state index contributed by atoms with van der Waals surface area (Å²) in [5.41, 5.74) is 0. The lowest BCUT2D eigenvalue weighted by Crippen LogP contribution is -2.45. The summed E-state index contributed by atoms with van der Waals surface area (Å²) in [5, 5.41) is 3.56. The Labute approximate surface area is 115 Å². The van der Waals surface area contributed by atoms with Gasteiger partial charge in [0.1, 0.15) is 0 Å². The molecule has 2 saturated heterocycles. The molecule has 1 N–H and O–H groups in total.